The summed E-state index contributed by atoms with van der Waals surface area (Å²) in [6.07, 6.45) is 5.98. The van der Waals surface area contributed by atoms with Gasteiger partial charge in [-0.15, -0.1) is 0 Å². The van der Waals surface area contributed by atoms with Crippen LogP contribution in [0.15, 0.2) is 42.7 Å². The maximum atomic E-state index is 13.1. The molecule has 2 aliphatic rings. The smallest absolute Gasteiger partial charge is 0.272 e. The quantitative estimate of drug-likeness (QED) is 0.772. The van der Waals surface area contributed by atoms with Crippen LogP contribution in [-0.2, 0) is 6.42 Å². The number of nitrogens with one attached hydrogen (secondary N) is 1. The van der Waals surface area contributed by atoms with E-state index in [4.69, 9.17) is 4.98 Å². The molecule has 2 bridgehead atoms. The number of benzene rings is 1. The second-order valence-corrected chi connectivity index (χ2v) is 6.74. The third kappa shape index (κ3) is 2.31. The number of aromatic amines is 1. The van der Waals surface area contributed by atoms with Crippen LogP contribution in [0.3, 0.4) is 0 Å². The standard InChI is InChI=1S/C19H16FN5O/c20-12-3-1-11(2-4-12)18-21-10-14-16(23-18)9-13-5-6-17(14)25(13)19(26)15-7-8-22-24-15/h1-4,7-8,10,13,17H,5-6,9H2,(H,22,24)/t13-,17+/m0/s1. The van der Waals surface area contributed by atoms with Crippen LogP contribution >= 0.6 is 0 Å². The molecule has 6 nitrogen and oxygen atoms in total. The lowest BCUT2D eigenvalue weighted by molar-refractivity contribution is 0.0637. The van der Waals surface area contributed by atoms with E-state index in [1.165, 1.54) is 12.1 Å². The van der Waals surface area contributed by atoms with E-state index in [9.17, 15) is 9.18 Å². The van der Waals surface area contributed by atoms with E-state index in [1.54, 1.807) is 24.4 Å². The highest BCUT2D eigenvalue weighted by atomic mass is 19.1. The van der Waals surface area contributed by atoms with Crippen molar-refractivity contribution in [2.75, 3.05) is 0 Å². The van der Waals surface area contributed by atoms with Crippen molar-refractivity contribution >= 4 is 5.91 Å². The second kappa shape index (κ2) is 5.72. The van der Waals surface area contributed by atoms with Crippen LogP contribution in [0.2, 0.25) is 0 Å². The molecule has 0 unspecified atom stereocenters. The molecule has 5 rings (SSSR count). The molecular weight excluding hydrogens is 333 g/mol. The number of H-pyrrole nitrogens is 1. The number of rotatable bonds is 2. The van der Waals surface area contributed by atoms with Gasteiger partial charge in [-0.05, 0) is 43.2 Å². The molecule has 1 saturated heterocycles. The van der Waals surface area contributed by atoms with Crippen LogP contribution in [0.1, 0.15) is 40.6 Å². The van der Waals surface area contributed by atoms with Gasteiger partial charge in [0.2, 0.25) is 0 Å². The van der Waals surface area contributed by atoms with Crippen LogP contribution in [0.4, 0.5) is 4.39 Å². The van der Waals surface area contributed by atoms with E-state index in [0.29, 0.717) is 17.9 Å². The van der Waals surface area contributed by atoms with Crippen molar-refractivity contribution in [3.05, 3.63) is 65.5 Å². The number of amides is 1. The molecule has 2 aliphatic heterocycles. The molecule has 2 aromatic heterocycles. The van der Waals surface area contributed by atoms with Gasteiger partial charge in [0, 0.05) is 36.0 Å². The third-order valence-electron chi connectivity index (χ3n) is 5.26. The van der Waals surface area contributed by atoms with E-state index in [-0.39, 0.29) is 23.8 Å². The number of hydrogen-bond acceptors (Lipinski definition) is 4. The average Bonchev–Trinajstić information content (AvgIpc) is 3.29. The molecule has 2 atom stereocenters. The molecule has 1 fully saturated rings. The molecule has 0 saturated carbocycles. The fourth-order valence-corrected chi connectivity index (χ4v) is 4.04. The normalized spacial score (nSPS) is 20.9. The summed E-state index contributed by atoms with van der Waals surface area (Å²) >= 11 is 0. The van der Waals surface area contributed by atoms with Gasteiger partial charge in [-0.1, -0.05) is 0 Å². The van der Waals surface area contributed by atoms with Gasteiger partial charge in [0.05, 0.1) is 11.7 Å². The summed E-state index contributed by atoms with van der Waals surface area (Å²) in [4.78, 5) is 24.0. The molecule has 130 valence electrons. The minimum Gasteiger partial charge on any atom is -0.327 e. The third-order valence-corrected chi connectivity index (χ3v) is 5.26. The summed E-state index contributed by atoms with van der Waals surface area (Å²) in [6, 6.07) is 8.02. The van der Waals surface area contributed by atoms with Crippen LogP contribution in [0.5, 0.6) is 0 Å². The zero-order valence-electron chi connectivity index (χ0n) is 13.9. The van der Waals surface area contributed by atoms with E-state index < -0.39 is 0 Å². The molecule has 1 aromatic carbocycles. The van der Waals surface area contributed by atoms with Crippen LogP contribution < -0.4 is 0 Å². The first kappa shape index (κ1) is 15.2. The van der Waals surface area contributed by atoms with E-state index >= 15 is 0 Å². The molecular formula is C19H16FN5O. The molecule has 1 N–H and O–H groups in total. The number of fused-ring (bicyclic) bond motifs is 4. The average molecular weight is 349 g/mol. The number of carbonyl (C=O) groups is 1. The second-order valence-electron chi connectivity index (χ2n) is 6.74. The number of nitrogens with zero attached hydrogens (tertiary/aromatic N) is 4. The SMILES string of the molecule is O=C(c1ccn[nH]1)N1[C@H]2CC[C@@H]1c1cnc(-c3ccc(F)cc3)nc1C2. The van der Waals surface area contributed by atoms with Gasteiger partial charge >= 0.3 is 0 Å². The van der Waals surface area contributed by atoms with E-state index in [1.807, 2.05) is 11.1 Å². The van der Waals surface area contributed by atoms with Crippen molar-refractivity contribution in [3.63, 3.8) is 0 Å². The maximum absolute atomic E-state index is 13.1. The first-order valence-corrected chi connectivity index (χ1v) is 8.64. The lowest BCUT2D eigenvalue weighted by atomic mass is 9.98. The largest absolute Gasteiger partial charge is 0.327 e. The summed E-state index contributed by atoms with van der Waals surface area (Å²) in [5.41, 5.74) is 3.30. The van der Waals surface area contributed by atoms with Crippen LogP contribution in [0.25, 0.3) is 11.4 Å². The molecule has 1 amide bonds. The Morgan fingerprint density at radius 1 is 1.19 bits per heavy atom. The highest BCUT2D eigenvalue weighted by Crippen LogP contribution is 2.43. The Hall–Kier alpha value is -3.09. The number of hydrogen-bond donors (Lipinski definition) is 1. The van der Waals surface area contributed by atoms with Crippen molar-refractivity contribution in [3.8, 4) is 11.4 Å². The molecule has 3 aromatic rings. The Balaban J connectivity index is 1.50. The predicted octanol–water partition coefficient (Wildman–Crippen LogP) is 2.91. The Labute approximate surface area is 149 Å². The molecule has 7 heteroatoms. The topological polar surface area (TPSA) is 74.8 Å². The van der Waals surface area contributed by atoms with Gasteiger partial charge in [-0.25, -0.2) is 14.4 Å². The van der Waals surface area contributed by atoms with Crippen molar-refractivity contribution in [2.24, 2.45) is 0 Å². The Bertz CT molecular complexity index is 970. The summed E-state index contributed by atoms with van der Waals surface area (Å²) in [5, 5.41) is 6.64. The number of aromatic nitrogens is 4. The highest BCUT2D eigenvalue weighted by Gasteiger charge is 2.44. The van der Waals surface area contributed by atoms with Crippen molar-refractivity contribution in [2.45, 2.75) is 31.3 Å². The Kier molecular flexibility index (Phi) is 3.34. The minimum atomic E-state index is -0.280. The van der Waals surface area contributed by atoms with Gasteiger partial charge in [0.1, 0.15) is 11.5 Å². The number of halogens is 1. The fraction of sp³-hybridized carbons (Fsp3) is 0.263. The summed E-state index contributed by atoms with van der Waals surface area (Å²) < 4.78 is 13.1. The first-order valence-electron chi connectivity index (χ1n) is 8.64. The minimum absolute atomic E-state index is 0.00168. The van der Waals surface area contributed by atoms with E-state index in [0.717, 1.165) is 29.7 Å². The molecule has 0 radical (unpaired) electrons. The van der Waals surface area contributed by atoms with Crippen LogP contribution in [0, 0.1) is 5.82 Å². The van der Waals surface area contributed by atoms with Gasteiger partial charge < -0.3 is 4.90 Å². The van der Waals surface area contributed by atoms with Gasteiger partial charge in [-0.2, -0.15) is 5.10 Å². The predicted molar refractivity (Wildman–Crippen MR) is 91.7 cm³/mol. The van der Waals surface area contributed by atoms with Gasteiger partial charge in [0.15, 0.2) is 5.82 Å². The number of carbonyl (C=O) groups excluding carboxylic acids is 1. The Morgan fingerprint density at radius 2 is 2.04 bits per heavy atom. The van der Waals surface area contributed by atoms with Crippen molar-refractivity contribution in [1.82, 2.24) is 25.1 Å². The zero-order chi connectivity index (χ0) is 17.7. The fourth-order valence-electron chi connectivity index (χ4n) is 4.04. The first-order chi connectivity index (χ1) is 12.7. The highest BCUT2D eigenvalue weighted by molar-refractivity contribution is 5.93. The van der Waals surface area contributed by atoms with Gasteiger partial charge in [-0.3, -0.25) is 9.89 Å². The van der Waals surface area contributed by atoms with Crippen molar-refractivity contribution < 1.29 is 9.18 Å². The van der Waals surface area contributed by atoms with Gasteiger partial charge in [0.25, 0.3) is 5.91 Å². The molecule has 26 heavy (non-hydrogen) atoms. The lowest BCUT2D eigenvalue weighted by Gasteiger charge is -2.35. The maximum Gasteiger partial charge on any atom is 0.272 e. The lowest BCUT2D eigenvalue weighted by Crippen LogP contribution is -2.42. The summed E-state index contributed by atoms with van der Waals surface area (Å²) in [6.45, 7) is 0. The summed E-state index contributed by atoms with van der Waals surface area (Å²) in [5.74, 6) is 0.289. The molecule has 0 spiro atoms. The molecule has 4 heterocycles. The Morgan fingerprint density at radius 3 is 2.81 bits per heavy atom. The molecule has 0 aliphatic carbocycles. The zero-order valence-corrected chi connectivity index (χ0v) is 13.9. The summed E-state index contributed by atoms with van der Waals surface area (Å²) in [7, 11) is 0. The van der Waals surface area contributed by atoms with Crippen molar-refractivity contribution in [1.29, 1.82) is 0 Å². The van der Waals surface area contributed by atoms with Crippen LogP contribution in [-0.4, -0.2) is 37.0 Å². The monoisotopic (exact) mass is 349 g/mol. The van der Waals surface area contributed by atoms with E-state index in [2.05, 4.69) is 15.2 Å².